The molecule has 1 heterocycles. The van der Waals surface area contributed by atoms with E-state index in [1.165, 1.54) is 5.56 Å². The number of hydrogen-bond donors (Lipinski definition) is 0. The van der Waals surface area contributed by atoms with Crippen LogP contribution in [0.3, 0.4) is 0 Å². The van der Waals surface area contributed by atoms with Gasteiger partial charge in [-0.2, -0.15) is 5.11 Å². The molecular formula is C15H13Cl2N3. The molecule has 1 aliphatic rings. The van der Waals surface area contributed by atoms with Gasteiger partial charge >= 0.3 is 0 Å². The van der Waals surface area contributed by atoms with E-state index in [0.717, 1.165) is 11.3 Å². The third-order valence-electron chi connectivity index (χ3n) is 3.33. The fourth-order valence-corrected chi connectivity index (χ4v) is 2.79. The van der Waals surface area contributed by atoms with Gasteiger partial charge in [0.05, 0.1) is 12.2 Å². The molecule has 1 unspecified atom stereocenters. The number of hydrogen-bond acceptors (Lipinski definition) is 3. The van der Waals surface area contributed by atoms with Crippen molar-refractivity contribution < 1.29 is 0 Å². The molecule has 3 rings (SSSR count). The summed E-state index contributed by atoms with van der Waals surface area (Å²) in [6, 6.07) is 13.7. The molecule has 102 valence electrons. The molecule has 5 heteroatoms. The van der Waals surface area contributed by atoms with E-state index in [2.05, 4.69) is 29.4 Å². The Morgan fingerprint density at radius 1 is 1.10 bits per heavy atom. The van der Waals surface area contributed by atoms with Crippen LogP contribution in [-0.4, -0.2) is 6.54 Å². The molecule has 3 nitrogen and oxygen atoms in total. The van der Waals surface area contributed by atoms with Gasteiger partial charge < -0.3 is 0 Å². The van der Waals surface area contributed by atoms with Crippen molar-refractivity contribution in [1.29, 1.82) is 0 Å². The number of benzene rings is 2. The quantitative estimate of drug-likeness (QED) is 0.746. The van der Waals surface area contributed by atoms with Crippen molar-refractivity contribution in [3.8, 4) is 0 Å². The summed E-state index contributed by atoms with van der Waals surface area (Å²) in [5.74, 6) is 0. The van der Waals surface area contributed by atoms with Crippen LogP contribution in [0.1, 0.15) is 17.2 Å². The predicted octanol–water partition coefficient (Wildman–Crippen LogP) is 5.23. The molecule has 0 fully saturated rings. The van der Waals surface area contributed by atoms with Crippen LogP contribution in [0.5, 0.6) is 0 Å². The monoisotopic (exact) mass is 305 g/mol. The molecule has 0 aromatic heterocycles. The van der Waals surface area contributed by atoms with Crippen molar-refractivity contribution in [2.75, 3.05) is 11.6 Å². The molecule has 20 heavy (non-hydrogen) atoms. The molecule has 0 radical (unpaired) electrons. The van der Waals surface area contributed by atoms with E-state index in [1.54, 1.807) is 6.07 Å². The Kier molecular flexibility index (Phi) is 3.64. The fraction of sp³-hybridized carbons (Fsp3) is 0.200. The average molecular weight is 306 g/mol. The minimum atomic E-state index is 0.0162. The first-order chi connectivity index (χ1) is 9.65. The zero-order chi connectivity index (χ0) is 14.1. The first kappa shape index (κ1) is 13.4. The lowest BCUT2D eigenvalue weighted by Crippen LogP contribution is -2.20. The Balaban J connectivity index is 1.95. The Hall–Kier alpha value is -1.58. The number of halogens is 2. The number of anilines is 1. The van der Waals surface area contributed by atoms with Crippen LogP contribution >= 0.6 is 23.2 Å². The van der Waals surface area contributed by atoms with Crippen molar-refractivity contribution in [3.63, 3.8) is 0 Å². The minimum absolute atomic E-state index is 0.0162. The summed E-state index contributed by atoms with van der Waals surface area (Å²) in [4.78, 5) is 0. The maximum atomic E-state index is 6.29. The lowest BCUT2D eigenvalue weighted by Gasteiger charge is -2.23. The summed E-state index contributed by atoms with van der Waals surface area (Å²) in [6.45, 7) is 2.65. The number of aryl methyl sites for hydroxylation is 1. The topological polar surface area (TPSA) is 28.0 Å². The van der Waals surface area contributed by atoms with Crippen LogP contribution in [0.4, 0.5) is 5.69 Å². The molecule has 0 N–H and O–H groups in total. The largest absolute Gasteiger partial charge is 0.238 e. The zero-order valence-electron chi connectivity index (χ0n) is 10.9. The highest BCUT2D eigenvalue weighted by atomic mass is 35.5. The SMILES string of the molecule is Cc1ccc(N2N=NCC2c2ccc(Cl)cc2Cl)cc1. The van der Waals surface area contributed by atoms with Gasteiger partial charge in [-0.25, -0.2) is 5.01 Å². The Labute approximate surface area is 127 Å². The summed E-state index contributed by atoms with van der Waals surface area (Å²) in [6.07, 6.45) is 0. The fourth-order valence-electron chi connectivity index (χ4n) is 2.25. The Morgan fingerprint density at radius 3 is 2.55 bits per heavy atom. The summed E-state index contributed by atoms with van der Waals surface area (Å²) in [5, 5.41) is 11.5. The molecule has 1 aliphatic heterocycles. The van der Waals surface area contributed by atoms with E-state index < -0.39 is 0 Å². The smallest absolute Gasteiger partial charge is 0.102 e. The van der Waals surface area contributed by atoms with Crippen molar-refractivity contribution >= 4 is 28.9 Å². The second-order valence-electron chi connectivity index (χ2n) is 4.78. The summed E-state index contributed by atoms with van der Waals surface area (Å²) in [5.41, 5.74) is 3.21. The van der Waals surface area contributed by atoms with Crippen LogP contribution in [0, 0.1) is 6.92 Å². The molecule has 0 saturated carbocycles. The van der Waals surface area contributed by atoms with Gasteiger partial charge in [-0.3, -0.25) is 0 Å². The maximum absolute atomic E-state index is 6.29. The Bertz CT molecular complexity index is 653. The standard InChI is InChI=1S/C15H13Cl2N3/c1-10-2-5-12(6-3-10)20-15(9-18-19-20)13-7-4-11(16)8-14(13)17/h2-8,15H,9H2,1H3. The first-order valence-electron chi connectivity index (χ1n) is 6.33. The Morgan fingerprint density at radius 2 is 1.85 bits per heavy atom. The molecule has 0 aliphatic carbocycles. The zero-order valence-corrected chi connectivity index (χ0v) is 12.4. The summed E-state index contributed by atoms with van der Waals surface area (Å²) < 4.78 is 0. The highest BCUT2D eigenvalue weighted by Gasteiger charge is 2.27. The summed E-state index contributed by atoms with van der Waals surface area (Å²) in [7, 11) is 0. The number of nitrogens with zero attached hydrogens (tertiary/aromatic N) is 3. The van der Waals surface area contributed by atoms with Crippen molar-refractivity contribution in [2.45, 2.75) is 13.0 Å². The van der Waals surface area contributed by atoms with Gasteiger partial charge in [0.1, 0.15) is 6.04 Å². The maximum Gasteiger partial charge on any atom is 0.102 e. The average Bonchev–Trinajstić information content (AvgIpc) is 2.88. The van der Waals surface area contributed by atoms with Gasteiger partial charge in [-0.1, -0.05) is 52.2 Å². The molecule has 0 saturated heterocycles. The lowest BCUT2D eigenvalue weighted by atomic mass is 10.1. The predicted molar refractivity (Wildman–Crippen MR) is 82.6 cm³/mol. The molecule has 0 spiro atoms. The van der Waals surface area contributed by atoms with Crippen molar-refractivity contribution in [2.24, 2.45) is 10.3 Å². The van der Waals surface area contributed by atoms with Gasteiger partial charge in [0.25, 0.3) is 0 Å². The van der Waals surface area contributed by atoms with Crippen LogP contribution in [-0.2, 0) is 0 Å². The normalized spacial score (nSPS) is 17.8. The van der Waals surface area contributed by atoms with E-state index in [1.807, 2.05) is 29.3 Å². The van der Waals surface area contributed by atoms with E-state index in [0.29, 0.717) is 16.6 Å². The highest BCUT2D eigenvalue weighted by molar-refractivity contribution is 6.35. The van der Waals surface area contributed by atoms with Crippen molar-refractivity contribution in [3.05, 3.63) is 63.6 Å². The molecule has 1 atom stereocenters. The third-order valence-corrected chi connectivity index (χ3v) is 3.89. The van der Waals surface area contributed by atoms with Crippen LogP contribution in [0.15, 0.2) is 52.8 Å². The van der Waals surface area contributed by atoms with Gasteiger partial charge in [0.15, 0.2) is 0 Å². The van der Waals surface area contributed by atoms with Gasteiger partial charge in [0.2, 0.25) is 0 Å². The molecule has 2 aromatic carbocycles. The van der Waals surface area contributed by atoms with E-state index in [9.17, 15) is 0 Å². The van der Waals surface area contributed by atoms with Crippen molar-refractivity contribution in [1.82, 2.24) is 0 Å². The van der Waals surface area contributed by atoms with Crippen LogP contribution in [0.25, 0.3) is 0 Å². The molecule has 0 amide bonds. The van der Waals surface area contributed by atoms with Crippen LogP contribution < -0.4 is 5.01 Å². The summed E-state index contributed by atoms with van der Waals surface area (Å²) >= 11 is 12.2. The van der Waals surface area contributed by atoms with E-state index in [4.69, 9.17) is 23.2 Å². The van der Waals surface area contributed by atoms with Crippen LogP contribution in [0.2, 0.25) is 10.0 Å². The number of rotatable bonds is 2. The third kappa shape index (κ3) is 2.51. The van der Waals surface area contributed by atoms with Gasteiger partial charge in [-0.15, -0.1) is 0 Å². The second-order valence-corrected chi connectivity index (χ2v) is 5.62. The van der Waals surface area contributed by atoms with Gasteiger partial charge in [0, 0.05) is 10.0 Å². The van der Waals surface area contributed by atoms with E-state index >= 15 is 0 Å². The molecular weight excluding hydrogens is 293 g/mol. The minimum Gasteiger partial charge on any atom is -0.238 e. The van der Waals surface area contributed by atoms with Gasteiger partial charge in [-0.05, 0) is 36.8 Å². The molecule has 0 bridgehead atoms. The lowest BCUT2D eigenvalue weighted by molar-refractivity contribution is 0.732. The molecule has 2 aromatic rings. The highest BCUT2D eigenvalue weighted by Crippen LogP contribution is 2.36. The van der Waals surface area contributed by atoms with E-state index in [-0.39, 0.29) is 6.04 Å². The second kappa shape index (κ2) is 5.43. The first-order valence-corrected chi connectivity index (χ1v) is 7.09.